The Labute approximate surface area is 172 Å². The quantitative estimate of drug-likeness (QED) is 0.593. The van der Waals surface area contributed by atoms with Crippen LogP contribution in [0.5, 0.6) is 11.5 Å². The number of ether oxygens (including phenoxy) is 2. The Hall–Kier alpha value is -1.55. The lowest BCUT2D eigenvalue weighted by Crippen LogP contribution is -2.39. The number of carbonyl (C=O) groups is 1. The van der Waals surface area contributed by atoms with E-state index in [1.54, 1.807) is 6.07 Å². The van der Waals surface area contributed by atoms with E-state index < -0.39 is 10.0 Å². The number of rotatable bonds is 7. The number of sulfonamides is 1. The van der Waals surface area contributed by atoms with Crippen LogP contribution in [0.4, 0.5) is 0 Å². The van der Waals surface area contributed by atoms with Crippen LogP contribution >= 0.6 is 12.4 Å². The number of nitrogens with one attached hydrogen (secondary N) is 3. The molecule has 3 rings (SSSR count). The first-order chi connectivity index (χ1) is 13.0. The predicted molar refractivity (Wildman–Crippen MR) is 108 cm³/mol. The summed E-state index contributed by atoms with van der Waals surface area (Å²) < 4.78 is 38.4. The Bertz CT molecular complexity index is 754. The Balaban J connectivity index is 0.00000280. The maximum atomic E-state index is 12.4. The van der Waals surface area contributed by atoms with Crippen molar-refractivity contribution in [3.63, 3.8) is 0 Å². The fourth-order valence-corrected chi connectivity index (χ4v) is 4.18. The van der Waals surface area contributed by atoms with Crippen LogP contribution in [0.25, 0.3) is 0 Å². The molecule has 0 bridgehead atoms. The molecule has 158 valence electrons. The first-order valence-electron chi connectivity index (χ1n) is 9.41. The molecular weight excluding hydrogens is 406 g/mol. The maximum Gasteiger partial charge on any atom is 0.240 e. The highest BCUT2D eigenvalue weighted by Crippen LogP contribution is 2.31. The second-order valence-electron chi connectivity index (χ2n) is 6.82. The summed E-state index contributed by atoms with van der Waals surface area (Å²) >= 11 is 0. The van der Waals surface area contributed by atoms with Crippen molar-refractivity contribution >= 4 is 28.3 Å². The van der Waals surface area contributed by atoms with Crippen molar-refractivity contribution in [3.8, 4) is 11.5 Å². The van der Waals surface area contributed by atoms with Crippen LogP contribution in [-0.2, 0) is 14.8 Å². The van der Waals surface area contributed by atoms with Gasteiger partial charge in [-0.1, -0.05) is 0 Å². The highest BCUT2D eigenvalue weighted by Gasteiger charge is 2.19. The van der Waals surface area contributed by atoms with E-state index in [4.69, 9.17) is 9.47 Å². The van der Waals surface area contributed by atoms with Gasteiger partial charge in [0.15, 0.2) is 11.5 Å². The molecule has 1 atom stereocenters. The smallest absolute Gasteiger partial charge is 0.240 e. The average molecular weight is 434 g/mol. The molecule has 0 aliphatic carbocycles. The molecule has 0 aromatic heterocycles. The molecule has 2 heterocycles. The van der Waals surface area contributed by atoms with E-state index in [0.717, 1.165) is 32.4 Å². The number of piperidine rings is 1. The van der Waals surface area contributed by atoms with Gasteiger partial charge >= 0.3 is 0 Å². The van der Waals surface area contributed by atoms with Crippen LogP contribution in [0, 0.1) is 5.92 Å². The monoisotopic (exact) mass is 433 g/mol. The molecule has 10 heteroatoms. The molecule has 1 amide bonds. The molecule has 1 aromatic carbocycles. The second-order valence-corrected chi connectivity index (χ2v) is 8.59. The SMILES string of the molecule is Cl.O=C(CCNS(=O)(=O)c1ccc2c(c1)OCCCO2)NCC1CCCNC1. The van der Waals surface area contributed by atoms with E-state index in [1.807, 2.05) is 0 Å². The third-order valence-electron chi connectivity index (χ3n) is 4.66. The maximum absolute atomic E-state index is 12.4. The summed E-state index contributed by atoms with van der Waals surface area (Å²) in [6.45, 7) is 3.65. The predicted octanol–water partition coefficient (Wildman–Crippen LogP) is 1.05. The van der Waals surface area contributed by atoms with Gasteiger partial charge in [-0.05, 0) is 44.0 Å². The molecule has 3 N–H and O–H groups in total. The van der Waals surface area contributed by atoms with Crippen LogP contribution in [0.3, 0.4) is 0 Å². The number of hydrogen-bond acceptors (Lipinski definition) is 6. The number of halogens is 1. The molecule has 2 aliphatic rings. The summed E-state index contributed by atoms with van der Waals surface area (Å²) in [6, 6.07) is 4.53. The van der Waals surface area contributed by atoms with E-state index in [9.17, 15) is 13.2 Å². The van der Waals surface area contributed by atoms with Gasteiger partial charge in [0.25, 0.3) is 0 Å². The molecule has 0 saturated carbocycles. The summed E-state index contributed by atoms with van der Waals surface area (Å²) in [7, 11) is -3.71. The molecule has 0 spiro atoms. The molecule has 1 saturated heterocycles. The second kappa shape index (κ2) is 10.8. The van der Waals surface area contributed by atoms with Crippen LogP contribution in [-0.4, -0.2) is 53.7 Å². The fourth-order valence-electron chi connectivity index (χ4n) is 3.14. The van der Waals surface area contributed by atoms with Gasteiger partial charge < -0.3 is 20.1 Å². The highest BCUT2D eigenvalue weighted by molar-refractivity contribution is 7.89. The fraction of sp³-hybridized carbons (Fsp3) is 0.611. The first kappa shape index (κ1) is 22.7. The van der Waals surface area contributed by atoms with Crippen molar-refractivity contribution in [3.05, 3.63) is 18.2 Å². The van der Waals surface area contributed by atoms with Gasteiger partial charge in [-0.3, -0.25) is 4.79 Å². The summed E-state index contributed by atoms with van der Waals surface area (Å²) in [5.41, 5.74) is 0. The molecule has 1 unspecified atom stereocenters. The molecule has 1 aromatic rings. The summed E-state index contributed by atoms with van der Waals surface area (Å²) in [5, 5.41) is 6.18. The van der Waals surface area contributed by atoms with Gasteiger partial charge in [-0.15, -0.1) is 12.4 Å². The Kier molecular flexibility index (Phi) is 8.81. The zero-order valence-electron chi connectivity index (χ0n) is 15.7. The molecule has 2 aliphatic heterocycles. The number of benzene rings is 1. The standard InChI is InChI=1S/C18H27N3O5S.ClH/c22-18(20-13-14-3-1-7-19-12-14)6-8-21-27(23,24)15-4-5-16-17(11-15)26-10-2-9-25-16;/h4-5,11,14,19,21H,1-3,6-10,12-13H2,(H,20,22);1H. The van der Waals surface area contributed by atoms with E-state index in [-0.39, 0.29) is 36.2 Å². The van der Waals surface area contributed by atoms with E-state index in [0.29, 0.717) is 37.2 Å². The van der Waals surface area contributed by atoms with Crippen molar-refractivity contribution in [2.45, 2.75) is 30.6 Å². The minimum absolute atomic E-state index is 0. The Morgan fingerprint density at radius 1 is 1.18 bits per heavy atom. The normalized spacial score (nSPS) is 19.2. The lowest BCUT2D eigenvalue weighted by atomic mass is 10.00. The molecule has 8 nitrogen and oxygen atoms in total. The number of hydrogen-bond donors (Lipinski definition) is 3. The van der Waals surface area contributed by atoms with Crippen molar-refractivity contribution in [2.24, 2.45) is 5.92 Å². The lowest BCUT2D eigenvalue weighted by molar-refractivity contribution is -0.121. The van der Waals surface area contributed by atoms with E-state index in [2.05, 4.69) is 15.4 Å². The Morgan fingerprint density at radius 3 is 2.71 bits per heavy atom. The van der Waals surface area contributed by atoms with Gasteiger partial charge in [-0.25, -0.2) is 13.1 Å². The van der Waals surface area contributed by atoms with Crippen molar-refractivity contribution < 1.29 is 22.7 Å². The Morgan fingerprint density at radius 2 is 1.96 bits per heavy atom. The number of carbonyl (C=O) groups excluding carboxylic acids is 1. The van der Waals surface area contributed by atoms with Gasteiger partial charge in [0, 0.05) is 32.0 Å². The third-order valence-corrected chi connectivity index (χ3v) is 6.12. The molecule has 28 heavy (non-hydrogen) atoms. The number of fused-ring (bicyclic) bond motifs is 1. The average Bonchev–Trinajstić information content (AvgIpc) is 2.92. The highest BCUT2D eigenvalue weighted by atomic mass is 35.5. The summed E-state index contributed by atoms with van der Waals surface area (Å²) in [4.78, 5) is 12.0. The van der Waals surface area contributed by atoms with Gasteiger partial charge in [0.05, 0.1) is 18.1 Å². The zero-order valence-corrected chi connectivity index (χ0v) is 17.4. The summed E-state index contributed by atoms with van der Waals surface area (Å²) in [5.74, 6) is 1.26. The summed E-state index contributed by atoms with van der Waals surface area (Å²) in [6.07, 6.45) is 3.07. The van der Waals surface area contributed by atoms with E-state index >= 15 is 0 Å². The third kappa shape index (κ3) is 6.51. The van der Waals surface area contributed by atoms with E-state index in [1.165, 1.54) is 12.1 Å². The minimum Gasteiger partial charge on any atom is -0.490 e. The molecule has 0 radical (unpaired) electrons. The van der Waals surface area contributed by atoms with Gasteiger partial charge in [0.2, 0.25) is 15.9 Å². The lowest BCUT2D eigenvalue weighted by Gasteiger charge is -2.22. The van der Waals surface area contributed by atoms with Crippen molar-refractivity contribution in [2.75, 3.05) is 39.4 Å². The zero-order chi connectivity index (χ0) is 19.1. The topological polar surface area (TPSA) is 106 Å². The van der Waals surface area contributed by atoms with Crippen LogP contribution in [0.2, 0.25) is 0 Å². The molecule has 1 fully saturated rings. The van der Waals surface area contributed by atoms with Crippen LogP contribution < -0.4 is 24.8 Å². The van der Waals surface area contributed by atoms with Crippen molar-refractivity contribution in [1.29, 1.82) is 0 Å². The first-order valence-corrected chi connectivity index (χ1v) is 10.9. The van der Waals surface area contributed by atoms with Crippen LogP contribution in [0.1, 0.15) is 25.7 Å². The van der Waals surface area contributed by atoms with Crippen LogP contribution in [0.15, 0.2) is 23.1 Å². The minimum atomic E-state index is -3.71. The molecular formula is C18H28ClN3O5S. The van der Waals surface area contributed by atoms with Gasteiger partial charge in [0.1, 0.15) is 0 Å². The van der Waals surface area contributed by atoms with Gasteiger partial charge in [-0.2, -0.15) is 0 Å². The number of amides is 1. The largest absolute Gasteiger partial charge is 0.490 e. The van der Waals surface area contributed by atoms with Crippen molar-refractivity contribution in [1.82, 2.24) is 15.4 Å².